The topological polar surface area (TPSA) is 0 Å². The second-order valence-electron chi connectivity index (χ2n) is 8.23. The van der Waals surface area contributed by atoms with Gasteiger partial charge in [-0.2, -0.15) is 0 Å². The van der Waals surface area contributed by atoms with Crippen LogP contribution >= 0.6 is 0 Å². The van der Waals surface area contributed by atoms with Crippen LogP contribution in [0.4, 0.5) is 0 Å². The molecule has 0 saturated heterocycles. The standard InChI is InChI=1S/C23H48/c1-9-15-20(11-3)18(7)17-22(13-5)23(14-6)19(8)21(12-4)16-10-2/h18-23H,9-17H2,1-8H3. The summed E-state index contributed by atoms with van der Waals surface area (Å²) in [6.07, 6.45) is 12.5. The lowest BCUT2D eigenvalue weighted by Crippen LogP contribution is -2.29. The average Bonchev–Trinajstić information content (AvgIpc) is 2.56. The van der Waals surface area contributed by atoms with Crippen LogP contribution in [0.1, 0.15) is 113 Å². The molecule has 0 heteroatoms. The van der Waals surface area contributed by atoms with Crippen molar-refractivity contribution in [3.8, 4) is 0 Å². The fraction of sp³-hybridized carbons (Fsp3) is 1.00. The van der Waals surface area contributed by atoms with Crippen LogP contribution in [-0.4, -0.2) is 0 Å². The van der Waals surface area contributed by atoms with Crippen molar-refractivity contribution < 1.29 is 0 Å². The predicted molar refractivity (Wildman–Crippen MR) is 108 cm³/mol. The van der Waals surface area contributed by atoms with Gasteiger partial charge in [-0.25, -0.2) is 0 Å². The molecule has 0 aliphatic rings. The first-order valence-corrected chi connectivity index (χ1v) is 11.0. The van der Waals surface area contributed by atoms with E-state index >= 15 is 0 Å². The Kier molecular flexibility index (Phi) is 13.3. The highest BCUT2D eigenvalue weighted by molar-refractivity contribution is 4.80. The summed E-state index contributed by atoms with van der Waals surface area (Å²) in [6, 6.07) is 0. The Bertz CT molecular complexity index is 257. The maximum atomic E-state index is 2.56. The molecule has 0 radical (unpaired) electrons. The van der Waals surface area contributed by atoms with Gasteiger partial charge in [0.1, 0.15) is 0 Å². The molecule has 0 aliphatic carbocycles. The van der Waals surface area contributed by atoms with E-state index in [1.807, 2.05) is 0 Å². The molecule has 0 aromatic rings. The molecule has 0 aliphatic heterocycles. The van der Waals surface area contributed by atoms with Crippen molar-refractivity contribution in [1.29, 1.82) is 0 Å². The van der Waals surface area contributed by atoms with Gasteiger partial charge in [0.25, 0.3) is 0 Å². The highest BCUT2D eigenvalue weighted by Crippen LogP contribution is 2.39. The van der Waals surface area contributed by atoms with Crippen molar-refractivity contribution in [3.05, 3.63) is 0 Å². The van der Waals surface area contributed by atoms with Crippen LogP contribution in [0, 0.1) is 35.5 Å². The molecule has 0 aromatic heterocycles. The maximum Gasteiger partial charge on any atom is -0.0360 e. The largest absolute Gasteiger partial charge is 0.0654 e. The summed E-state index contributed by atoms with van der Waals surface area (Å²) in [5, 5.41) is 0. The van der Waals surface area contributed by atoms with E-state index in [9.17, 15) is 0 Å². The van der Waals surface area contributed by atoms with Gasteiger partial charge in [-0.1, -0.05) is 107 Å². The number of hydrogen-bond donors (Lipinski definition) is 0. The summed E-state index contributed by atoms with van der Waals surface area (Å²) in [4.78, 5) is 0. The van der Waals surface area contributed by atoms with Crippen LogP contribution in [0.25, 0.3) is 0 Å². The Labute approximate surface area is 149 Å². The molecule has 23 heavy (non-hydrogen) atoms. The van der Waals surface area contributed by atoms with E-state index in [1.54, 1.807) is 0 Å². The lowest BCUT2D eigenvalue weighted by atomic mass is 9.68. The van der Waals surface area contributed by atoms with Gasteiger partial charge in [0.2, 0.25) is 0 Å². The van der Waals surface area contributed by atoms with Crippen molar-refractivity contribution in [1.82, 2.24) is 0 Å². The van der Waals surface area contributed by atoms with Gasteiger partial charge in [0.15, 0.2) is 0 Å². The van der Waals surface area contributed by atoms with E-state index < -0.39 is 0 Å². The molecule has 0 aromatic carbocycles. The fourth-order valence-corrected chi connectivity index (χ4v) is 5.27. The molecular formula is C23H48. The zero-order valence-corrected chi connectivity index (χ0v) is 17.8. The molecule has 6 unspecified atom stereocenters. The highest BCUT2D eigenvalue weighted by Gasteiger charge is 2.30. The Morgan fingerprint density at radius 3 is 1.43 bits per heavy atom. The SMILES string of the molecule is CCCC(CC)C(C)CC(CC)C(CC)C(C)C(CC)CCC. The summed E-state index contributed by atoms with van der Waals surface area (Å²) >= 11 is 0. The first-order valence-electron chi connectivity index (χ1n) is 11.0. The van der Waals surface area contributed by atoms with E-state index in [1.165, 1.54) is 57.8 Å². The third-order valence-electron chi connectivity index (χ3n) is 6.87. The van der Waals surface area contributed by atoms with Crippen molar-refractivity contribution in [2.75, 3.05) is 0 Å². The van der Waals surface area contributed by atoms with Gasteiger partial charge in [-0.15, -0.1) is 0 Å². The minimum absolute atomic E-state index is 0.897. The van der Waals surface area contributed by atoms with Gasteiger partial charge < -0.3 is 0 Å². The molecule has 140 valence electrons. The fourth-order valence-electron chi connectivity index (χ4n) is 5.27. The summed E-state index contributed by atoms with van der Waals surface area (Å²) < 4.78 is 0. The summed E-state index contributed by atoms with van der Waals surface area (Å²) in [5.41, 5.74) is 0. The third-order valence-corrected chi connectivity index (χ3v) is 6.87. The van der Waals surface area contributed by atoms with Crippen LogP contribution in [-0.2, 0) is 0 Å². The molecule has 0 nitrogen and oxygen atoms in total. The lowest BCUT2D eigenvalue weighted by molar-refractivity contribution is 0.124. The second kappa shape index (κ2) is 13.3. The molecule has 6 atom stereocenters. The monoisotopic (exact) mass is 324 g/mol. The van der Waals surface area contributed by atoms with E-state index in [2.05, 4.69) is 55.4 Å². The molecule has 0 fully saturated rings. The van der Waals surface area contributed by atoms with Gasteiger partial charge in [0, 0.05) is 0 Å². The Balaban J connectivity index is 4.92. The molecule has 0 spiro atoms. The Morgan fingerprint density at radius 2 is 1.04 bits per heavy atom. The second-order valence-corrected chi connectivity index (χ2v) is 8.23. The van der Waals surface area contributed by atoms with Crippen molar-refractivity contribution in [2.24, 2.45) is 35.5 Å². The van der Waals surface area contributed by atoms with Gasteiger partial charge in [-0.05, 0) is 41.9 Å². The molecular weight excluding hydrogens is 276 g/mol. The third kappa shape index (κ3) is 7.61. The van der Waals surface area contributed by atoms with E-state index in [0.29, 0.717) is 0 Å². The first kappa shape index (κ1) is 23.0. The highest BCUT2D eigenvalue weighted by atomic mass is 14.4. The lowest BCUT2D eigenvalue weighted by Gasteiger charge is -2.37. The molecule has 0 amide bonds. The van der Waals surface area contributed by atoms with Crippen molar-refractivity contribution >= 4 is 0 Å². The van der Waals surface area contributed by atoms with Gasteiger partial charge >= 0.3 is 0 Å². The summed E-state index contributed by atoms with van der Waals surface area (Å²) in [7, 11) is 0. The Morgan fingerprint density at radius 1 is 0.565 bits per heavy atom. The van der Waals surface area contributed by atoms with Crippen LogP contribution in [0.3, 0.4) is 0 Å². The van der Waals surface area contributed by atoms with E-state index in [-0.39, 0.29) is 0 Å². The smallest absolute Gasteiger partial charge is 0.0360 e. The van der Waals surface area contributed by atoms with Crippen molar-refractivity contribution in [2.45, 2.75) is 113 Å². The molecule has 0 N–H and O–H groups in total. The predicted octanol–water partition coefficient (Wildman–Crippen LogP) is 8.35. The Hall–Kier alpha value is 0. The van der Waals surface area contributed by atoms with Gasteiger partial charge in [-0.3, -0.25) is 0 Å². The van der Waals surface area contributed by atoms with Crippen LogP contribution in [0.5, 0.6) is 0 Å². The van der Waals surface area contributed by atoms with E-state index in [0.717, 1.165) is 35.5 Å². The first-order chi connectivity index (χ1) is 11.0. The van der Waals surface area contributed by atoms with Crippen LogP contribution in [0.2, 0.25) is 0 Å². The van der Waals surface area contributed by atoms with E-state index in [4.69, 9.17) is 0 Å². The minimum Gasteiger partial charge on any atom is -0.0654 e. The summed E-state index contributed by atoms with van der Waals surface area (Å²) in [6.45, 7) is 19.5. The quantitative estimate of drug-likeness (QED) is 0.301. The van der Waals surface area contributed by atoms with Crippen molar-refractivity contribution in [3.63, 3.8) is 0 Å². The minimum atomic E-state index is 0.897. The number of hydrogen-bond acceptors (Lipinski definition) is 0. The average molecular weight is 325 g/mol. The molecule has 0 heterocycles. The molecule has 0 rings (SSSR count). The zero-order valence-electron chi connectivity index (χ0n) is 17.8. The number of rotatable bonds is 14. The zero-order chi connectivity index (χ0) is 17.8. The molecule has 0 bridgehead atoms. The maximum absolute atomic E-state index is 2.56. The molecule has 0 saturated carbocycles. The van der Waals surface area contributed by atoms with Gasteiger partial charge in [0.05, 0.1) is 0 Å². The van der Waals surface area contributed by atoms with Crippen LogP contribution < -0.4 is 0 Å². The summed E-state index contributed by atoms with van der Waals surface area (Å²) in [5.74, 6) is 5.54. The normalized spacial score (nSPS) is 19.8. The van der Waals surface area contributed by atoms with Crippen LogP contribution in [0.15, 0.2) is 0 Å².